The Morgan fingerprint density at radius 2 is 1.96 bits per heavy atom. The van der Waals surface area contributed by atoms with E-state index < -0.39 is 18.1 Å². The van der Waals surface area contributed by atoms with Crippen LogP contribution in [-0.4, -0.2) is 29.1 Å². The fourth-order valence-corrected chi connectivity index (χ4v) is 2.93. The smallest absolute Gasteiger partial charge is 0.496 e. The zero-order valence-corrected chi connectivity index (χ0v) is 14.4. The van der Waals surface area contributed by atoms with E-state index in [1.807, 2.05) is 6.07 Å². The van der Waals surface area contributed by atoms with Crippen molar-refractivity contribution in [3.05, 3.63) is 59.3 Å². The van der Waals surface area contributed by atoms with Crippen molar-refractivity contribution < 1.29 is 32.5 Å². The van der Waals surface area contributed by atoms with E-state index in [0.717, 1.165) is 12.1 Å². The van der Waals surface area contributed by atoms with Gasteiger partial charge in [0.25, 0.3) is 0 Å². The summed E-state index contributed by atoms with van der Waals surface area (Å²) >= 11 is 0. The van der Waals surface area contributed by atoms with E-state index in [-0.39, 0.29) is 18.0 Å². The number of rotatable bonds is 5. The molecule has 0 unspecified atom stereocenters. The van der Waals surface area contributed by atoms with Gasteiger partial charge in [-0.2, -0.15) is 5.26 Å². The molecule has 0 saturated carbocycles. The molecule has 0 amide bonds. The van der Waals surface area contributed by atoms with Crippen LogP contribution in [-0.2, 0) is 6.54 Å². The number of aromatic carboxylic acids is 1. The summed E-state index contributed by atoms with van der Waals surface area (Å²) < 4.78 is 48.1. The monoisotopic (exact) mass is 390 g/mol. The van der Waals surface area contributed by atoms with Crippen LogP contribution in [0.5, 0.6) is 11.5 Å². The standard InChI is InChI=1S/C19H13F3N2O4/c1-27-17-5-3-14(28-19(20,21)22)7-13(17)10-24-15-4-2-11(9-23)6-12(15)8-16(24)18(25)26/h2-8H,10H2,1H3,(H,25,26). The van der Waals surface area contributed by atoms with Crippen LogP contribution in [0.4, 0.5) is 13.2 Å². The topological polar surface area (TPSA) is 84.5 Å². The summed E-state index contributed by atoms with van der Waals surface area (Å²) in [6.07, 6.45) is -4.86. The number of carboxylic acid groups (broad SMARTS) is 1. The maximum atomic E-state index is 12.5. The maximum absolute atomic E-state index is 12.5. The van der Waals surface area contributed by atoms with Crippen LogP contribution in [0, 0.1) is 11.3 Å². The first kappa shape index (κ1) is 19.1. The van der Waals surface area contributed by atoms with Crippen LogP contribution in [0.25, 0.3) is 10.9 Å². The van der Waals surface area contributed by atoms with Crippen LogP contribution >= 0.6 is 0 Å². The second kappa shape index (κ2) is 7.15. The number of nitrogens with zero attached hydrogens (tertiary/aromatic N) is 2. The first-order valence-electron chi connectivity index (χ1n) is 7.91. The summed E-state index contributed by atoms with van der Waals surface area (Å²) in [6, 6.07) is 11.6. The molecule has 0 aliphatic carbocycles. The molecule has 0 radical (unpaired) electrons. The zero-order chi connectivity index (χ0) is 20.5. The molecule has 0 fully saturated rings. The first-order valence-corrected chi connectivity index (χ1v) is 7.91. The first-order chi connectivity index (χ1) is 13.2. The Morgan fingerprint density at radius 3 is 2.57 bits per heavy atom. The van der Waals surface area contributed by atoms with Gasteiger partial charge >= 0.3 is 12.3 Å². The van der Waals surface area contributed by atoms with Crippen molar-refractivity contribution in [2.75, 3.05) is 7.11 Å². The van der Waals surface area contributed by atoms with Crippen LogP contribution in [0.2, 0.25) is 0 Å². The van der Waals surface area contributed by atoms with E-state index in [2.05, 4.69) is 4.74 Å². The highest BCUT2D eigenvalue weighted by Gasteiger charge is 2.31. The Bertz CT molecular complexity index is 1100. The van der Waals surface area contributed by atoms with Crippen molar-refractivity contribution in [3.8, 4) is 17.6 Å². The second-order valence-electron chi connectivity index (χ2n) is 5.83. The van der Waals surface area contributed by atoms with Gasteiger partial charge in [-0.1, -0.05) is 0 Å². The Labute approximate surface area is 156 Å². The minimum absolute atomic E-state index is 0.0741. The highest BCUT2D eigenvalue weighted by atomic mass is 19.4. The van der Waals surface area contributed by atoms with Gasteiger partial charge in [-0.05, 0) is 42.5 Å². The van der Waals surface area contributed by atoms with Crippen molar-refractivity contribution in [1.82, 2.24) is 4.57 Å². The van der Waals surface area contributed by atoms with Gasteiger partial charge in [0.15, 0.2) is 0 Å². The van der Waals surface area contributed by atoms with Crippen molar-refractivity contribution >= 4 is 16.9 Å². The van der Waals surface area contributed by atoms with E-state index in [4.69, 9.17) is 10.00 Å². The number of fused-ring (bicyclic) bond motifs is 1. The SMILES string of the molecule is COc1ccc(OC(F)(F)F)cc1Cn1c(C(=O)O)cc2cc(C#N)ccc21. The molecule has 0 atom stereocenters. The molecule has 1 heterocycles. The molecule has 1 aromatic heterocycles. The molecule has 0 bridgehead atoms. The number of nitriles is 1. The van der Waals surface area contributed by atoms with Crippen molar-refractivity contribution in [3.63, 3.8) is 0 Å². The van der Waals surface area contributed by atoms with E-state index in [1.165, 1.54) is 29.9 Å². The van der Waals surface area contributed by atoms with Gasteiger partial charge in [-0.25, -0.2) is 4.79 Å². The molecule has 0 aliphatic heterocycles. The lowest BCUT2D eigenvalue weighted by atomic mass is 10.1. The maximum Gasteiger partial charge on any atom is 0.573 e. The Balaban J connectivity index is 2.11. The third kappa shape index (κ3) is 3.86. The van der Waals surface area contributed by atoms with Gasteiger partial charge in [0.05, 0.1) is 25.3 Å². The fourth-order valence-electron chi connectivity index (χ4n) is 2.93. The Morgan fingerprint density at radius 1 is 1.21 bits per heavy atom. The van der Waals surface area contributed by atoms with Crippen LogP contribution in [0.1, 0.15) is 21.6 Å². The molecule has 2 aromatic carbocycles. The van der Waals surface area contributed by atoms with Gasteiger partial charge in [0.2, 0.25) is 0 Å². The summed E-state index contributed by atoms with van der Waals surface area (Å²) in [6.45, 7) is -0.0741. The number of carboxylic acids is 1. The third-order valence-electron chi connectivity index (χ3n) is 4.06. The number of alkyl halides is 3. The minimum atomic E-state index is -4.86. The molecule has 3 aromatic rings. The predicted octanol–water partition coefficient (Wildman–Crippen LogP) is 4.17. The van der Waals surface area contributed by atoms with E-state index >= 15 is 0 Å². The third-order valence-corrected chi connectivity index (χ3v) is 4.06. The summed E-state index contributed by atoms with van der Waals surface area (Å²) in [7, 11) is 1.36. The molecule has 9 heteroatoms. The molecule has 0 spiro atoms. The lowest BCUT2D eigenvalue weighted by molar-refractivity contribution is -0.274. The normalized spacial score (nSPS) is 11.2. The summed E-state index contributed by atoms with van der Waals surface area (Å²) in [5.74, 6) is -1.37. The number of ether oxygens (including phenoxy) is 2. The van der Waals surface area contributed by atoms with Gasteiger partial charge < -0.3 is 19.1 Å². The molecule has 6 nitrogen and oxygen atoms in total. The van der Waals surface area contributed by atoms with E-state index in [1.54, 1.807) is 12.1 Å². The number of methoxy groups -OCH3 is 1. The van der Waals surface area contributed by atoms with Crippen LogP contribution < -0.4 is 9.47 Å². The van der Waals surface area contributed by atoms with Crippen LogP contribution in [0.3, 0.4) is 0 Å². The molecular formula is C19H13F3N2O4. The molecule has 144 valence electrons. The number of hydrogen-bond acceptors (Lipinski definition) is 4. The van der Waals surface area contributed by atoms with Crippen molar-refractivity contribution in [2.24, 2.45) is 0 Å². The summed E-state index contributed by atoms with van der Waals surface area (Å²) in [5.41, 5.74) is 1.10. The lowest BCUT2D eigenvalue weighted by Gasteiger charge is -2.15. The molecule has 0 saturated heterocycles. The molecular weight excluding hydrogens is 377 g/mol. The molecule has 28 heavy (non-hydrogen) atoms. The number of carbonyl (C=O) groups is 1. The van der Waals surface area contributed by atoms with Gasteiger partial charge in [-0.15, -0.1) is 13.2 Å². The van der Waals surface area contributed by atoms with Crippen LogP contribution in [0.15, 0.2) is 42.5 Å². The number of aromatic nitrogens is 1. The lowest BCUT2D eigenvalue weighted by Crippen LogP contribution is -2.17. The average Bonchev–Trinajstić information content (AvgIpc) is 2.98. The van der Waals surface area contributed by atoms with Crippen molar-refractivity contribution in [1.29, 1.82) is 5.26 Å². The van der Waals surface area contributed by atoms with Gasteiger partial charge in [0, 0.05) is 16.5 Å². The summed E-state index contributed by atoms with van der Waals surface area (Å²) in [5, 5.41) is 19.1. The Hall–Kier alpha value is -3.67. The minimum Gasteiger partial charge on any atom is -0.496 e. The fraction of sp³-hybridized carbons (Fsp3) is 0.158. The highest BCUT2D eigenvalue weighted by Crippen LogP contribution is 2.31. The second-order valence-corrected chi connectivity index (χ2v) is 5.83. The number of hydrogen-bond donors (Lipinski definition) is 1. The zero-order valence-electron chi connectivity index (χ0n) is 14.4. The highest BCUT2D eigenvalue weighted by molar-refractivity contribution is 5.95. The Kier molecular flexibility index (Phi) is 4.88. The van der Waals surface area contributed by atoms with Gasteiger partial charge in [0.1, 0.15) is 17.2 Å². The number of halogens is 3. The molecule has 3 rings (SSSR count). The molecule has 0 aliphatic rings. The van der Waals surface area contributed by atoms with Crippen molar-refractivity contribution in [2.45, 2.75) is 12.9 Å². The van der Waals surface area contributed by atoms with E-state index in [0.29, 0.717) is 22.0 Å². The largest absolute Gasteiger partial charge is 0.573 e. The molecule has 1 N–H and O–H groups in total. The number of benzene rings is 2. The summed E-state index contributed by atoms with van der Waals surface area (Å²) in [4.78, 5) is 11.7. The average molecular weight is 390 g/mol. The van der Waals surface area contributed by atoms with E-state index in [9.17, 15) is 23.1 Å². The predicted molar refractivity (Wildman–Crippen MR) is 92.4 cm³/mol. The van der Waals surface area contributed by atoms with Gasteiger partial charge in [-0.3, -0.25) is 0 Å². The quantitative estimate of drug-likeness (QED) is 0.707.